The maximum absolute atomic E-state index is 5.93. The van der Waals surface area contributed by atoms with Gasteiger partial charge in [-0.25, -0.2) is 0 Å². The van der Waals surface area contributed by atoms with E-state index in [2.05, 4.69) is 24.4 Å². The first-order valence-electron chi connectivity index (χ1n) is 5.33. The number of anilines is 1. The van der Waals surface area contributed by atoms with Gasteiger partial charge >= 0.3 is 0 Å². The van der Waals surface area contributed by atoms with Gasteiger partial charge < -0.3 is 5.32 Å². The van der Waals surface area contributed by atoms with Crippen molar-refractivity contribution < 1.29 is 0 Å². The van der Waals surface area contributed by atoms with Crippen molar-refractivity contribution in [2.24, 2.45) is 0 Å². The van der Waals surface area contributed by atoms with E-state index in [0.717, 1.165) is 10.7 Å². The third-order valence-electron chi connectivity index (χ3n) is 2.51. The Morgan fingerprint density at radius 1 is 1.00 bits per heavy atom. The van der Waals surface area contributed by atoms with Crippen LogP contribution in [0.2, 0.25) is 5.02 Å². The number of rotatable bonds is 3. The molecule has 0 aliphatic heterocycles. The molecule has 82 valence electrons. The van der Waals surface area contributed by atoms with Gasteiger partial charge in [-0.3, -0.25) is 0 Å². The first-order valence-corrected chi connectivity index (χ1v) is 5.70. The lowest BCUT2D eigenvalue weighted by Crippen LogP contribution is -2.05. The standard InChI is InChI=1S/C14H14ClN/c1-11(12-6-3-2-4-7-12)16-14-9-5-8-13(15)10-14/h2-11,16H,1H3. The molecule has 0 heterocycles. The van der Waals surface area contributed by atoms with Crippen molar-refractivity contribution in [1.29, 1.82) is 0 Å². The van der Waals surface area contributed by atoms with E-state index in [4.69, 9.17) is 11.6 Å². The van der Waals surface area contributed by atoms with Crippen molar-refractivity contribution in [2.45, 2.75) is 13.0 Å². The van der Waals surface area contributed by atoms with Gasteiger partial charge in [0.05, 0.1) is 0 Å². The van der Waals surface area contributed by atoms with E-state index in [9.17, 15) is 0 Å². The normalized spacial score (nSPS) is 12.1. The van der Waals surface area contributed by atoms with Gasteiger partial charge in [0.1, 0.15) is 0 Å². The van der Waals surface area contributed by atoms with Crippen LogP contribution in [0.15, 0.2) is 54.6 Å². The molecule has 0 spiro atoms. The summed E-state index contributed by atoms with van der Waals surface area (Å²) in [6, 6.07) is 18.4. The summed E-state index contributed by atoms with van der Waals surface area (Å²) in [6.45, 7) is 2.14. The van der Waals surface area contributed by atoms with E-state index in [-0.39, 0.29) is 6.04 Å². The molecule has 2 aromatic carbocycles. The molecule has 16 heavy (non-hydrogen) atoms. The van der Waals surface area contributed by atoms with Crippen molar-refractivity contribution in [1.82, 2.24) is 0 Å². The first kappa shape index (κ1) is 11.0. The Morgan fingerprint density at radius 3 is 2.44 bits per heavy atom. The van der Waals surface area contributed by atoms with Crippen LogP contribution >= 0.6 is 11.6 Å². The van der Waals surface area contributed by atoms with Crippen LogP contribution in [-0.4, -0.2) is 0 Å². The Balaban J connectivity index is 2.11. The summed E-state index contributed by atoms with van der Waals surface area (Å²) < 4.78 is 0. The van der Waals surface area contributed by atoms with Gasteiger partial charge in [-0.1, -0.05) is 48.0 Å². The van der Waals surface area contributed by atoms with Crippen molar-refractivity contribution >= 4 is 17.3 Å². The van der Waals surface area contributed by atoms with Crippen LogP contribution in [0.5, 0.6) is 0 Å². The van der Waals surface area contributed by atoms with Crippen molar-refractivity contribution in [2.75, 3.05) is 5.32 Å². The Bertz CT molecular complexity index is 453. The topological polar surface area (TPSA) is 12.0 Å². The minimum absolute atomic E-state index is 0.277. The lowest BCUT2D eigenvalue weighted by atomic mass is 10.1. The summed E-state index contributed by atoms with van der Waals surface area (Å²) in [5.74, 6) is 0. The maximum atomic E-state index is 5.93. The molecule has 1 atom stereocenters. The summed E-state index contributed by atoms with van der Waals surface area (Å²) in [7, 11) is 0. The van der Waals surface area contributed by atoms with E-state index < -0.39 is 0 Å². The van der Waals surface area contributed by atoms with Crippen LogP contribution in [0.1, 0.15) is 18.5 Å². The first-order chi connectivity index (χ1) is 7.75. The predicted molar refractivity (Wildman–Crippen MR) is 69.9 cm³/mol. The van der Waals surface area contributed by atoms with E-state index in [1.54, 1.807) is 0 Å². The minimum Gasteiger partial charge on any atom is -0.378 e. The highest BCUT2D eigenvalue weighted by Gasteiger charge is 2.03. The molecule has 0 aromatic heterocycles. The third kappa shape index (κ3) is 2.77. The summed E-state index contributed by atoms with van der Waals surface area (Å²) in [5.41, 5.74) is 2.31. The average Bonchev–Trinajstić information content (AvgIpc) is 2.30. The fraction of sp³-hybridized carbons (Fsp3) is 0.143. The molecule has 0 bridgehead atoms. The number of benzene rings is 2. The fourth-order valence-corrected chi connectivity index (χ4v) is 1.84. The van der Waals surface area contributed by atoms with Crippen LogP contribution < -0.4 is 5.32 Å². The molecule has 2 rings (SSSR count). The Labute approximate surface area is 101 Å². The van der Waals surface area contributed by atoms with E-state index in [0.29, 0.717) is 0 Å². The Hall–Kier alpha value is -1.47. The molecular formula is C14H14ClN. The Morgan fingerprint density at radius 2 is 1.75 bits per heavy atom. The van der Waals surface area contributed by atoms with E-state index in [1.807, 2.05) is 42.5 Å². The van der Waals surface area contributed by atoms with Gasteiger partial charge in [0, 0.05) is 16.8 Å². The van der Waals surface area contributed by atoms with Crippen molar-refractivity contribution in [3.8, 4) is 0 Å². The highest BCUT2D eigenvalue weighted by Crippen LogP contribution is 2.21. The number of hydrogen-bond donors (Lipinski definition) is 1. The summed E-state index contributed by atoms with van der Waals surface area (Å²) in [4.78, 5) is 0. The SMILES string of the molecule is CC(Nc1cccc(Cl)c1)c1ccccc1. The molecule has 0 fully saturated rings. The quantitative estimate of drug-likeness (QED) is 0.820. The van der Waals surface area contributed by atoms with Gasteiger partial charge in [0.15, 0.2) is 0 Å². The molecular weight excluding hydrogens is 218 g/mol. The molecule has 1 unspecified atom stereocenters. The Kier molecular flexibility index (Phi) is 3.47. The smallest absolute Gasteiger partial charge is 0.0485 e. The number of nitrogens with one attached hydrogen (secondary N) is 1. The van der Waals surface area contributed by atoms with Crippen LogP contribution in [0.3, 0.4) is 0 Å². The average molecular weight is 232 g/mol. The van der Waals surface area contributed by atoms with Crippen LogP contribution in [0.4, 0.5) is 5.69 Å². The maximum Gasteiger partial charge on any atom is 0.0485 e. The summed E-state index contributed by atoms with van der Waals surface area (Å²) in [5, 5.41) is 4.17. The van der Waals surface area contributed by atoms with Gasteiger partial charge in [-0.2, -0.15) is 0 Å². The lowest BCUT2D eigenvalue weighted by Gasteiger charge is -2.15. The molecule has 1 N–H and O–H groups in total. The fourth-order valence-electron chi connectivity index (χ4n) is 1.65. The van der Waals surface area contributed by atoms with Gasteiger partial charge in [0.25, 0.3) is 0 Å². The molecule has 0 amide bonds. The molecule has 2 aromatic rings. The molecule has 0 saturated carbocycles. The second-order valence-electron chi connectivity index (χ2n) is 3.79. The zero-order valence-electron chi connectivity index (χ0n) is 9.15. The second kappa shape index (κ2) is 5.04. The predicted octanol–water partition coefficient (Wildman–Crippen LogP) is 4.51. The summed E-state index contributed by atoms with van der Waals surface area (Å²) in [6.07, 6.45) is 0. The van der Waals surface area contributed by atoms with E-state index >= 15 is 0 Å². The van der Waals surface area contributed by atoms with Crippen molar-refractivity contribution in [3.63, 3.8) is 0 Å². The van der Waals surface area contributed by atoms with Crippen LogP contribution in [-0.2, 0) is 0 Å². The minimum atomic E-state index is 0.277. The highest BCUT2D eigenvalue weighted by atomic mass is 35.5. The molecule has 0 radical (unpaired) electrons. The molecule has 0 aliphatic carbocycles. The zero-order chi connectivity index (χ0) is 11.4. The number of hydrogen-bond acceptors (Lipinski definition) is 1. The van der Waals surface area contributed by atoms with Gasteiger partial charge in [-0.15, -0.1) is 0 Å². The van der Waals surface area contributed by atoms with Gasteiger partial charge in [0.2, 0.25) is 0 Å². The van der Waals surface area contributed by atoms with Crippen LogP contribution in [0, 0.1) is 0 Å². The number of halogens is 1. The largest absolute Gasteiger partial charge is 0.378 e. The molecule has 0 aliphatic rings. The summed E-state index contributed by atoms with van der Waals surface area (Å²) >= 11 is 5.93. The lowest BCUT2D eigenvalue weighted by molar-refractivity contribution is 0.885. The zero-order valence-corrected chi connectivity index (χ0v) is 9.91. The monoisotopic (exact) mass is 231 g/mol. The second-order valence-corrected chi connectivity index (χ2v) is 4.22. The highest BCUT2D eigenvalue weighted by molar-refractivity contribution is 6.30. The molecule has 0 saturated heterocycles. The van der Waals surface area contributed by atoms with E-state index in [1.165, 1.54) is 5.56 Å². The molecule has 1 nitrogen and oxygen atoms in total. The van der Waals surface area contributed by atoms with Crippen molar-refractivity contribution in [3.05, 3.63) is 65.2 Å². The third-order valence-corrected chi connectivity index (χ3v) is 2.74. The van der Waals surface area contributed by atoms with Crippen LogP contribution in [0.25, 0.3) is 0 Å². The van der Waals surface area contributed by atoms with Gasteiger partial charge in [-0.05, 0) is 30.7 Å². The molecule has 2 heteroatoms.